The van der Waals surface area contributed by atoms with Gasteiger partial charge in [-0.2, -0.15) is 4.98 Å². The van der Waals surface area contributed by atoms with Gasteiger partial charge in [0.25, 0.3) is 0 Å². The largest absolute Gasteiger partial charge is 0.378 e. The third kappa shape index (κ3) is 4.89. The van der Waals surface area contributed by atoms with Gasteiger partial charge in [-0.3, -0.25) is 4.79 Å². The predicted octanol–water partition coefficient (Wildman–Crippen LogP) is 3.10. The summed E-state index contributed by atoms with van der Waals surface area (Å²) in [6.07, 6.45) is 0. The van der Waals surface area contributed by atoms with E-state index in [1.54, 1.807) is 0 Å². The minimum absolute atomic E-state index is 0.149. The molecule has 34 heavy (non-hydrogen) atoms. The van der Waals surface area contributed by atoms with Gasteiger partial charge in [0.15, 0.2) is 0 Å². The Bertz CT molecular complexity index is 1060. The van der Waals surface area contributed by atoms with Gasteiger partial charge < -0.3 is 19.4 Å². The summed E-state index contributed by atoms with van der Waals surface area (Å²) < 4.78 is 5.48. The summed E-state index contributed by atoms with van der Waals surface area (Å²) >= 11 is 0. The molecule has 0 radical (unpaired) electrons. The zero-order chi connectivity index (χ0) is 23.3. The number of ether oxygens (including phenoxy) is 1. The molecule has 3 aromatic rings. The van der Waals surface area contributed by atoms with Crippen molar-refractivity contribution in [1.29, 1.82) is 0 Å². The Hall–Kier alpha value is -3.45. The topological polar surface area (TPSA) is 61.8 Å². The maximum Gasteiger partial charge on any atom is 0.234 e. The van der Waals surface area contributed by atoms with Gasteiger partial charge in [-0.15, -0.1) is 0 Å². The molecule has 176 valence electrons. The number of aromatic nitrogens is 2. The quantitative estimate of drug-likeness (QED) is 0.587. The lowest BCUT2D eigenvalue weighted by atomic mass is 9.90. The van der Waals surface area contributed by atoms with E-state index < -0.39 is 0 Å². The molecule has 0 saturated carbocycles. The lowest BCUT2D eigenvalue weighted by Gasteiger charge is -2.37. The minimum atomic E-state index is -0.294. The molecule has 0 unspecified atom stereocenters. The lowest BCUT2D eigenvalue weighted by Crippen LogP contribution is -2.50. The number of benzene rings is 2. The summed E-state index contributed by atoms with van der Waals surface area (Å²) in [5, 5.41) is 0. The van der Waals surface area contributed by atoms with Crippen molar-refractivity contribution in [2.45, 2.75) is 12.8 Å². The number of anilines is 2. The number of hydrogen-bond donors (Lipinski definition) is 0. The van der Waals surface area contributed by atoms with Gasteiger partial charge in [0.1, 0.15) is 5.82 Å². The summed E-state index contributed by atoms with van der Waals surface area (Å²) in [5.74, 6) is 1.56. The Morgan fingerprint density at radius 2 is 1.38 bits per heavy atom. The van der Waals surface area contributed by atoms with Crippen LogP contribution in [0.25, 0.3) is 0 Å². The molecule has 7 heteroatoms. The van der Waals surface area contributed by atoms with E-state index in [-0.39, 0.29) is 11.8 Å². The average molecular weight is 458 g/mol. The first kappa shape index (κ1) is 22.3. The van der Waals surface area contributed by atoms with Crippen LogP contribution in [0, 0.1) is 6.92 Å². The number of nitrogens with zero attached hydrogens (tertiary/aromatic N) is 5. The molecule has 0 bridgehead atoms. The van der Waals surface area contributed by atoms with E-state index in [2.05, 4.69) is 9.80 Å². The summed E-state index contributed by atoms with van der Waals surface area (Å²) in [4.78, 5) is 29.7. The second-order valence-electron chi connectivity index (χ2n) is 8.83. The molecule has 0 N–H and O–H groups in total. The third-order valence-electron chi connectivity index (χ3n) is 6.55. The molecule has 2 aliphatic heterocycles. The first-order valence-corrected chi connectivity index (χ1v) is 12.0. The zero-order valence-electron chi connectivity index (χ0n) is 19.6. The molecular formula is C27H31N5O2. The molecule has 2 saturated heterocycles. The number of amides is 1. The molecule has 2 aliphatic rings. The number of carbonyl (C=O) groups excluding carboxylic acids is 1. The Labute approximate surface area is 201 Å². The monoisotopic (exact) mass is 457 g/mol. The number of piperazine rings is 1. The second kappa shape index (κ2) is 10.2. The number of rotatable bonds is 5. The van der Waals surface area contributed by atoms with Crippen molar-refractivity contribution in [3.63, 3.8) is 0 Å². The molecule has 5 rings (SSSR count). The Kier molecular flexibility index (Phi) is 6.72. The van der Waals surface area contributed by atoms with Gasteiger partial charge in [-0.25, -0.2) is 4.98 Å². The molecule has 2 fully saturated rings. The van der Waals surface area contributed by atoms with Crippen LogP contribution in [0.2, 0.25) is 0 Å². The number of morpholine rings is 1. The van der Waals surface area contributed by atoms with Gasteiger partial charge in [0.2, 0.25) is 11.9 Å². The van der Waals surface area contributed by atoms with E-state index in [1.807, 2.05) is 78.6 Å². The van der Waals surface area contributed by atoms with E-state index in [4.69, 9.17) is 14.7 Å². The smallest absolute Gasteiger partial charge is 0.234 e. The van der Waals surface area contributed by atoms with E-state index in [9.17, 15) is 4.79 Å². The van der Waals surface area contributed by atoms with Crippen LogP contribution in [0.3, 0.4) is 0 Å². The Morgan fingerprint density at radius 3 is 1.97 bits per heavy atom. The maximum absolute atomic E-state index is 13.7. The van der Waals surface area contributed by atoms with Gasteiger partial charge >= 0.3 is 0 Å². The molecular weight excluding hydrogens is 426 g/mol. The van der Waals surface area contributed by atoms with E-state index in [1.165, 1.54) is 0 Å². The Morgan fingerprint density at radius 1 is 0.794 bits per heavy atom. The molecule has 2 aromatic carbocycles. The van der Waals surface area contributed by atoms with Crippen molar-refractivity contribution in [2.75, 3.05) is 62.3 Å². The van der Waals surface area contributed by atoms with Crippen molar-refractivity contribution < 1.29 is 9.53 Å². The van der Waals surface area contributed by atoms with Crippen LogP contribution in [0.1, 0.15) is 22.7 Å². The maximum atomic E-state index is 13.7. The fourth-order valence-electron chi connectivity index (χ4n) is 4.71. The molecule has 1 amide bonds. The molecule has 0 spiro atoms. The fraction of sp³-hybridized carbons (Fsp3) is 0.370. The van der Waals surface area contributed by atoms with Crippen molar-refractivity contribution in [2.24, 2.45) is 0 Å². The molecule has 3 heterocycles. The summed E-state index contributed by atoms with van der Waals surface area (Å²) in [6.45, 7) is 7.89. The lowest BCUT2D eigenvalue weighted by molar-refractivity contribution is -0.132. The van der Waals surface area contributed by atoms with Gasteiger partial charge in [0, 0.05) is 51.0 Å². The van der Waals surface area contributed by atoms with E-state index in [0.29, 0.717) is 26.2 Å². The number of carbonyl (C=O) groups is 1. The van der Waals surface area contributed by atoms with Gasteiger partial charge in [0.05, 0.1) is 19.1 Å². The van der Waals surface area contributed by atoms with Crippen molar-refractivity contribution in [1.82, 2.24) is 14.9 Å². The molecule has 7 nitrogen and oxygen atoms in total. The summed E-state index contributed by atoms with van der Waals surface area (Å²) in [6, 6.07) is 22.2. The van der Waals surface area contributed by atoms with Crippen LogP contribution in [-0.2, 0) is 9.53 Å². The van der Waals surface area contributed by atoms with Gasteiger partial charge in [-0.1, -0.05) is 60.7 Å². The van der Waals surface area contributed by atoms with Crippen molar-refractivity contribution in [3.8, 4) is 0 Å². The van der Waals surface area contributed by atoms with Gasteiger partial charge in [-0.05, 0) is 18.1 Å². The Balaban J connectivity index is 1.31. The average Bonchev–Trinajstić information content (AvgIpc) is 2.90. The predicted molar refractivity (Wildman–Crippen MR) is 133 cm³/mol. The van der Waals surface area contributed by atoms with Crippen LogP contribution >= 0.6 is 0 Å². The fourth-order valence-corrected chi connectivity index (χ4v) is 4.71. The highest BCUT2D eigenvalue weighted by Crippen LogP contribution is 2.28. The minimum Gasteiger partial charge on any atom is -0.378 e. The third-order valence-corrected chi connectivity index (χ3v) is 6.55. The van der Waals surface area contributed by atoms with Crippen molar-refractivity contribution >= 4 is 17.7 Å². The normalized spacial score (nSPS) is 16.7. The highest BCUT2D eigenvalue weighted by Gasteiger charge is 2.30. The highest BCUT2D eigenvalue weighted by atomic mass is 16.5. The molecule has 0 atom stereocenters. The SMILES string of the molecule is Cc1cc(N2CCOCC2)nc(N2CCN(C(=O)C(c3ccccc3)c3ccccc3)CC2)n1. The molecule has 0 aliphatic carbocycles. The number of hydrogen-bond acceptors (Lipinski definition) is 6. The number of aryl methyl sites for hydroxylation is 1. The van der Waals surface area contributed by atoms with Crippen LogP contribution in [0.4, 0.5) is 11.8 Å². The second-order valence-corrected chi connectivity index (χ2v) is 8.83. The summed E-state index contributed by atoms with van der Waals surface area (Å²) in [5.41, 5.74) is 3.01. The first-order chi connectivity index (χ1) is 16.7. The summed E-state index contributed by atoms with van der Waals surface area (Å²) in [7, 11) is 0. The standard InChI is InChI=1S/C27H31N5O2/c1-21-20-24(30-16-18-34-19-17-30)29-27(28-21)32-14-12-31(13-15-32)26(33)25(22-8-4-2-5-9-22)23-10-6-3-7-11-23/h2-11,20,25H,12-19H2,1H3. The van der Waals surface area contributed by atoms with E-state index in [0.717, 1.165) is 54.9 Å². The van der Waals surface area contributed by atoms with Crippen LogP contribution < -0.4 is 9.80 Å². The van der Waals surface area contributed by atoms with Crippen LogP contribution in [0.5, 0.6) is 0 Å². The van der Waals surface area contributed by atoms with E-state index >= 15 is 0 Å². The highest BCUT2D eigenvalue weighted by molar-refractivity contribution is 5.87. The first-order valence-electron chi connectivity index (χ1n) is 12.0. The van der Waals surface area contributed by atoms with Crippen LogP contribution in [-0.4, -0.2) is 73.3 Å². The van der Waals surface area contributed by atoms with Crippen LogP contribution in [0.15, 0.2) is 66.7 Å². The zero-order valence-corrected chi connectivity index (χ0v) is 19.6. The van der Waals surface area contributed by atoms with Crippen molar-refractivity contribution in [3.05, 3.63) is 83.6 Å². The molecule has 1 aromatic heterocycles.